The van der Waals surface area contributed by atoms with E-state index in [1.54, 1.807) is 0 Å². The Kier molecular flexibility index (Phi) is 7.41. The highest BCUT2D eigenvalue weighted by atomic mass is 35.5. The van der Waals surface area contributed by atoms with Crippen LogP contribution in [0.2, 0.25) is 5.02 Å². The number of hydrogen-bond acceptors (Lipinski definition) is 3. The first-order chi connectivity index (χ1) is 12.1. The maximum absolute atomic E-state index is 13.7. The highest BCUT2D eigenvalue weighted by Crippen LogP contribution is 2.31. The van der Waals surface area contributed by atoms with Crippen LogP contribution in [0.3, 0.4) is 0 Å². The first-order valence-corrected chi connectivity index (χ1v) is 8.67. The van der Waals surface area contributed by atoms with Crippen LogP contribution in [0.5, 0.6) is 0 Å². The van der Waals surface area contributed by atoms with E-state index >= 15 is 0 Å². The van der Waals surface area contributed by atoms with Gasteiger partial charge in [-0.15, -0.1) is 12.4 Å². The molecule has 140 valence electrons. The molecular formula is C19H22Cl2FN3O. The number of carbonyl (C=O) groups excluding carboxylic acids is 1. The lowest BCUT2D eigenvalue weighted by molar-refractivity contribution is -0.117. The van der Waals surface area contributed by atoms with Gasteiger partial charge in [0.15, 0.2) is 0 Å². The summed E-state index contributed by atoms with van der Waals surface area (Å²) in [7, 11) is 0. The molecule has 2 aromatic carbocycles. The minimum atomic E-state index is -0.499. The quantitative estimate of drug-likeness (QED) is 0.811. The lowest BCUT2D eigenvalue weighted by atomic mass is 9.89. The largest absolute Gasteiger partial charge is 0.330 e. The minimum absolute atomic E-state index is 0. The molecule has 0 unspecified atom stereocenters. The molecule has 2 atom stereocenters. The second kappa shape index (κ2) is 9.33. The third kappa shape index (κ3) is 4.95. The molecule has 1 amide bonds. The van der Waals surface area contributed by atoms with Crippen molar-refractivity contribution in [3.8, 4) is 0 Å². The van der Waals surface area contributed by atoms with Crippen LogP contribution in [-0.2, 0) is 4.79 Å². The summed E-state index contributed by atoms with van der Waals surface area (Å²) >= 11 is 5.85. The number of nitrogens with two attached hydrogens (primary N) is 1. The Morgan fingerprint density at radius 2 is 1.96 bits per heavy atom. The van der Waals surface area contributed by atoms with E-state index in [1.165, 1.54) is 23.8 Å². The average molecular weight is 398 g/mol. The fourth-order valence-corrected chi connectivity index (χ4v) is 3.56. The Bertz CT molecular complexity index is 745. The smallest absolute Gasteiger partial charge is 0.238 e. The van der Waals surface area contributed by atoms with Crippen molar-refractivity contribution in [2.45, 2.75) is 5.92 Å². The Balaban J connectivity index is 0.00000243. The Morgan fingerprint density at radius 1 is 1.23 bits per heavy atom. The van der Waals surface area contributed by atoms with Crippen molar-refractivity contribution in [2.24, 2.45) is 11.7 Å². The summed E-state index contributed by atoms with van der Waals surface area (Å²) in [4.78, 5) is 14.3. The zero-order valence-electron chi connectivity index (χ0n) is 14.2. The average Bonchev–Trinajstić information content (AvgIpc) is 3.01. The van der Waals surface area contributed by atoms with Crippen LogP contribution in [0.25, 0.3) is 0 Å². The normalized spacial score (nSPS) is 19.8. The van der Waals surface area contributed by atoms with E-state index in [4.69, 9.17) is 17.3 Å². The van der Waals surface area contributed by atoms with Gasteiger partial charge in [0.2, 0.25) is 5.91 Å². The van der Waals surface area contributed by atoms with Crippen molar-refractivity contribution in [3.63, 3.8) is 0 Å². The van der Waals surface area contributed by atoms with Gasteiger partial charge in [-0.3, -0.25) is 9.69 Å². The van der Waals surface area contributed by atoms with Crippen LogP contribution in [0.4, 0.5) is 10.1 Å². The van der Waals surface area contributed by atoms with Crippen molar-refractivity contribution < 1.29 is 9.18 Å². The Morgan fingerprint density at radius 3 is 2.65 bits per heavy atom. The molecule has 1 heterocycles. The summed E-state index contributed by atoms with van der Waals surface area (Å²) in [5.41, 5.74) is 7.26. The minimum Gasteiger partial charge on any atom is -0.330 e. The number of halogens is 3. The molecule has 4 nitrogen and oxygen atoms in total. The number of amides is 1. The fourth-order valence-electron chi connectivity index (χ4n) is 3.39. The third-order valence-electron chi connectivity index (χ3n) is 4.62. The summed E-state index contributed by atoms with van der Waals surface area (Å²) in [5.74, 6) is -0.146. The molecule has 3 N–H and O–H groups in total. The summed E-state index contributed by atoms with van der Waals surface area (Å²) in [5, 5.41) is 2.97. The number of hydrogen-bond donors (Lipinski definition) is 2. The Hall–Kier alpha value is -1.66. The van der Waals surface area contributed by atoms with Crippen LogP contribution in [0.15, 0.2) is 48.5 Å². The van der Waals surface area contributed by atoms with Crippen LogP contribution in [0.1, 0.15) is 11.5 Å². The molecule has 1 aliphatic rings. The second-order valence-corrected chi connectivity index (χ2v) is 6.82. The zero-order chi connectivity index (χ0) is 17.8. The van der Waals surface area contributed by atoms with E-state index < -0.39 is 5.82 Å². The lowest BCUT2D eigenvalue weighted by Crippen LogP contribution is -2.32. The number of benzene rings is 2. The molecule has 0 bridgehead atoms. The molecule has 0 aliphatic carbocycles. The van der Waals surface area contributed by atoms with Crippen LogP contribution < -0.4 is 11.1 Å². The van der Waals surface area contributed by atoms with E-state index in [1.807, 2.05) is 18.2 Å². The SMILES string of the molecule is Cl.NC[C@@H]1CN(CC(=O)Nc2cc(Cl)ccc2F)C[C@H]1c1ccccc1. The second-order valence-electron chi connectivity index (χ2n) is 6.38. The molecule has 1 saturated heterocycles. The van der Waals surface area contributed by atoms with Gasteiger partial charge in [-0.1, -0.05) is 41.9 Å². The van der Waals surface area contributed by atoms with E-state index in [-0.39, 0.29) is 30.5 Å². The molecule has 0 radical (unpaired) electrons. The van der Waals surface area contributed by atoms with Gasteiger partial charge >= 0.3 is 0 Å². The summed E-state index contributed by atoms with van der Waals surface area (Å²) in [6.07, 6.45) is 0. The maximum Gasteiger partial charge on any atom is 0.238 e. The molecule has 1 aliphatic heterocycles. The monoisotopic (exact) mass is 397 g/mol. The van der Waals surface area contributed by atoms with Gasteiger partial charge in [0.25, 0.3) is 0 Å². The lowest BCUT2D eigenvalue weighted by Gasteiger charge is -2.16. The maximum atomic E-state index is 13.7. The molecule has 0 aromatic heterocycles. The fraction of sp³-hybridized carbons (Fsp3) is 0.316. The number of anilines is 1. The summed E-state index contributed by atoms with van der Waals surface area (Å²) < 4.78 is 13.7. The molecular weight excluding hydrogens is 376 g/mol. The highest BCUT2D eigenvalue weighted by Gasteiger charge is 2.33. The molecule has 26 heavy (non-hydrogen) atoms. The van der Waals surface area contributed by atoms with Crippen molar-refractivity contribution in [2.75, 3.05) is 31.5 Å². The van der Waals surface area contributed by atoms with Gasteiger partial charge < -0.3 is 11.1 Å². The third-order valence-corrected chi connectivity index (χ3v) is 4.85. The topological polar surface area (TPSA) is 58.4 Å². The van der Waals surface area contributed by atoms with E-state index in [0.29, 0.717) is 23.4 Å². The van der Waals surface area contributed by atoms with E-state index in [9.17, 15) is 9.18 Å². The van der Waals surface area contributed by atoms with E-state index in [0.717, 1.165) is 13.1 Å². The van der Waals surface area contributed by atoms with Crippen LogP contribution in [-0.4, -0.2) is 37.0 Å². The van der Waals surface area contributed by atoms with Crippen molar-refractivity contribution >= 4 is 35.6 Å². The molecule has 3 rings (SSSR count). The van der Waals surface area contributed by atoms with Crippen molar-refractivity contribution in [3.05, 3.63) is 64.9 Å². The number of likely N-dealkylation sites (tertiary alicyclic amines) is 1. The van der Waals surface area contributed by atoms with Gasteiger partial charge in [-0.2, -0.15) is 0 Å². The van der Waals surface area contributed by atoms with Gasteiger partial charge in [0.1, 0.15) is 5.82 Å². The number of nitrogens with one attached hydrogen (secondary N) is 1. The van der Waals surface area contributed by atoms with Gasteiger partial charge in [-0.25, -0.2) is 4.39 Å². The molecule has 0 saturated carbocycles. The molecule has 7 heteroatoms. The summed E-state index contributed by atoms with van der Waals surface area (Å²) in [6.45, 7) is 2.28. The standard InChI is InChI=1S/C19H21ClFN3O.ClH/c20-15-6-7-17(21)18(8-15)23-19(25)12-24-10-14(9-22)16(11-24)13-4-2-1-3-5-13;/h1-8,14,16H,9-12,22H2,(H,23,25);1H/t14-,16+;/m1./s1. The van der Waals surface area contributed by atoms with E-state index in [2.05, 4.69) is 22.3 Å². The molecule has 0 spiro atoms. The number of rotatable bonds is 5. The highest BCUT2D eigenvalue weighted by molar-refractivity contribution is 6.30. The first-order valence-electron chi connectivity index (χ1n) is 8.29. The van der Waals surface area contributed by atoms with Crippen molar-refractivity contribution in [1.29, 1.82) is 0 Å². The van der Waals surface area contributed by atoms with Gasteiger partial charge in [-0.05, 0) is 36.2 Å². The number of carbonyl (C=O) groups is 1. The number of nitrogens with zero attached hydrogens (tertiary/aromatic N) is 1. The first kappa shape index (κ1) is 20.6. The van der Waals surface area contributed by atoms with Crippen molar-refractivity contribution in [1.82, 2.24) is 4.90 Å². The molecule has 2 aromatic rings. The predicted molar refractivity (Wildman–Crippen MR) is 105 cm³/mol. The molecule has 1 fully saturated rings. The zero-order valence-corrected chi connectivity index (χ0v) is 15.8. The van der Waals surface area contributed by atoms with Crippen LogP contribution >= 0.6 is 24.0 Å². The van der Waals surface area contributed by atoms with Gasteiger partial charge in [0.05, 0.1) is 12.2 Å². The van der Waals surface area contributed by atoms with Crippen LogP contribution in [0, 0.1) is 11.7 Å². The Labute approximate surface area is 163 Å². The summed E-state index contributed by atoms with van der Waals surface area (Å²) in [6, 6.07) is 14.3. The van der Waals surface area contributed by atoms with Gasteiger partial charge in [0, 0.05) is 24.0 Å². The predicted octanol–water partition coefficient (Wildman–Crippen LogP) is 3.51.